The highest BCUT2D eigenvalue weighted by Gasteiger charge is 2.19. The maximum atomic E-state index is 11.9. The number of carboxylic acids is 1. The molecule has 0 saturated carbocycles. The number of hydrogen-bond donors (Lipinski definition) is 2. The third-order valence-corrected chi connectivity index (χ3v) is 4.08. The molecule has 0 aliphatic carbocycles. The van der Waals surface area contributed by atoms with Gasteiger partial charge in [0.2, 0.25) is 5.91 Å². The molecule has 2 N–H and O–H groups in total. The summed E-state index contributed by atoms with van der Waals surface area (Å²) in [5, 5.41) is 11.5. The third kappa shape index (κ3) is 7.34. The van der Waals surface area contributed by atoms with Crippen LogP contribution < -0.4 is 5.32 Å². The monoisotopic (exact) mass is 337 g/mol. The zero-order chi connectivity index (χ0) is 17.2. The van der Waals surface area contributed by atoms with Gasteiger partial charge in [0.1, 0.15) is 0 Å². The van der Waals surface area contributed by atoms with E-state index in [0.29, 0.717) is 5.92 Å². The minimum atomic E-state index is -1.12. The Morgan fingerprint density at radius 1 is 1.35 bits per heavy atom. The molecular weight excluding hydrogens is 314 g/mol. The van der Waals surface area contributed by atoms with Gasteiger partial charge in [-0.1, -0.05) is 32.1 Å². The Hall–Kier alpha value is -1.79. The molecule has 126 valence electrons. The number of thioether (sulfide) groups is 1. The predicted octanol–water partition coefficient (Wildman–Crippen LogP) is 2.67. The summed E-state index contributed by atoms with van der Waals surface area (Å²) in [6, 6.07) is 6.96. The Morgan fingerprint density at radius 2 is 2.00 bits per heavy atom. The van der Waals surface area contributed by atoms with Crippen LogP contribution in [0.1, 0.15) is 25.3 Å². The van der Waals surface area contributed by atoms with Gasteiger partial charge in [-0.15, -0.1) is 18.3 Å². The number of benzene rings is 1. The number of carboxylic acid groups (broad SMARTS) is 1. The Bertz CT molecular complexity index is 528. The molecule has 1 aromatic carbocycles. The molecule has 1 atom stereocenters. The van der Waals surface area contributed by atoms with Crippen LogP contribution in [0, 0.1) is 0 Å². The number of amides is 1. The van der Waals surface area contributed by atoms with Gasteiger partial charge in [-0.3, -0.25) is 4.79 Å². The van der Waals surface area contributed by atoms with Gasteiger partial charge in [0.05, 0.1) is 19.0 Å². The van der Waals surface area contributed by atoms with Crippen molar-refractivity contribution in [2.45, 2.75) is 30.7 Å². The second-order valence-corrected chi connectivity index (χ2v) is 6.35. The number of rotatable bonds is 10. The highest BCUT2D eigenvalue weighted by atomic mass is 32.2. The Balaban J connectivity index is 2.45. The second kappa shape index (κ2) is 10.1. The molecule has 0 aliphatic heterocycles. The lowest BCUT2D eigenvalue weighted by Crippen LogP contribution is -2.44. The lowest BCUT2D eigenvalue weighted by atomic mass is 10.0. The first-order chi connectivity index (χ1) is 10.9. The lowest BCUT2D eigenvalue weighted by Gasteiger charge is -2.14. The van der Waals surface area contributed by atoms with E-state index in [1.807, 2.05) is 24.3 Å². The molecular formula is C17H23NO4S. The molecule has 5 nitrogen and oxygen atoms in total. The van der Waals surface area contributed by atoms with Crippen LogP contribution in [0.5, 0.6) is 0 Å². The number of carbonyl (C=O) groups excluding carboxylic acids is 1. The molecule has 0 heterocycles. The molecule has 0 saturated heterocycles. The van der Waals surface area contributed by atoms with Crippen LogP contribution >= 0.6 is 11.8 Å². The number of hydrogen-bond acceptors (Lipinski definition) is 4. The van der Waals surface area contributed by atoms with Crippen LogP contribution in [-0.4, -0.2) is 42.0 Å². The summed E-state index contributed by atoms with van der Waals surface area (Å²) < 4.78 is 5.09. The summed E-state index contributed by atoms with van der Waals surface area (Å²) in [6.07, 6.45) is 1.53. The van der Waals surface area contributed by atoms with Crippen molar-refractivity contribution in [3.05, 3.63) is 42.5 Å². The second-order valence-electron chi connectivity index (χ2n) is 5.30. The molecule has 1 amide bonds. The normalized spacial score (nSPS) is 12.0. The minimum absolute atomic E-state index is 0.0825. The first kappa shape index (κ1) is 19.3. The van der Waals surface area contributed by atoms with Gasteiger partial charge < -0.3 is 15.2 Å². The molecule has 1 aromatic rings. The van der Waals surface area contributed by atoms with Crippen molar-refractivity contribution in [1.82, 2.24) is 5.32 Å². The van der Waals surface area contributed by atoms with Gasteiger partial charge in [-0.25, -0.2) is 4.79 Å². The van der Waals surface area contributed by atoms with Gasteiger partial charge in [-0.05, 0) is 23.6 Å². The standard InChI is InChI=1S/C17H23NO4S/c1-4-9-22-10-15(17(20)21)18-16(19)11-23-14-7-5-13(6-8-14)12(2)3/h4-8,12,15H,1,9-11H2,2-3H3,(H,18,19)(H,20,21). The fourth-order valence-electron chi connectivity index (χ4n) is 1.78. The molecule has 0 aromatic heterocycles. The van der Waals surface area contributed by atoms with Crippen molar-refractivity contribution in [2.24, 2.45) is 0 Å². The van der Waals surface area contributed by atoms with E-state index in [2.05, 4.69) is 25.7 Å². The molecule has 0 bridgehead atoms. The van der Waals surface area contributed by atoms with Crippen molar-refractivity contribution >= 4 is 23.6 Å². The average Bonchev–Trinajstić information content (AvgIpc) is 2.52. The Morgan fingerprint density at radius 3 is 2.52 bits per heavy atom. The summed E-state index contributed by atoms with van der Waals surface area (Å²) in [4.78, 5) is 23.9. The third-order valence-electron chi connectivity index (χ3n) is 3.07. The molecule has 1 unspecified atom stereocenters. The molecule has 0 fully saturated rings. The first-order valence-corrected chi connectivity index (χ1v) is 8.36. The summed E-state index contributed by atoms with van der Waals surface area (Å²) in [6.45, 7) is 7.89. The molecule has 0 radical (unpaired) electrons. The maximum absolute atomic E-state index is 11.9. The number of aliphatic carboxylic acids is 1. The van der Waals surface area contributed by atoms with Crippen LogP contribution in [0.3, 0.4) is 0 Å². The van der Waals surface area contributed by atoms with E-state index in [0.717, 1.165) is 4.90 Å². The van der Waals surface area contributed by atoms with Crippen molar-refractivity contribution in [3.8, 4) is 0 Å². The van der Waals surface area contributed by atoms with Crippen LogP contribution in [0.2, 0.25) is 0 Å². The van der Waals surface area contributed by atoms with Crippen LogP contribution in [0.25, 0.3) is 0 Å². The number of nitrogens with one attached hydrogen (secondary N) is 1. The van der Waals surface area contributed by atoms with E-state index >= 15 is 0 Å². The topological polar surface area (TPSA) is 75.6 Å². The van der Waals surface area contributed by atoms with E-state index in [1.54, 1.807) is 0 Å². The quantitative estimate of drug-likeness (QED) is 0.390. The summed E-state index contributed by atoms with van der Waals surface area (Å²) in [5.74, 6) is -0.831. The van der Waals surface area contributed by atoms with Crippen LogP contribution in [0.15, 0.2) is 41.8 Å². The Labute approximate surface area is 141 Å². The number of ether oxygens (including phenoxy) is 1. The van der Waals surface area contributed by atoms with Gasteiger partial charge in [-0.2, -0.15) is 0 Å². The molecule has 0 aliphatic rings. The van der Waals surface area contributed by atoms with E-state index in [1.165, 1.54) is 23.4 Å². The van der Waals surface area contributed by atoms with Crippen molar-refractivity contribution in [2.75, 3.05) is 19.0 Å². The van der Waals surface area contributed by atoms with Gasteiger partial charge in [0.25, 0.3) is 0 Å². The predicted molar refractivity (Wildman–Crippen MR) is 91.8 cm³/mol. The SMILES string of the molecule is C=CCOCC(NC(=O)CSc1ccc(C(C)C)cc1)C(=O)O. The zero-order valence-electron chi connectivity index (χ0n) is 13.5. The summed E-state index contributed by atoms with van der Waals surface area (Å²) in [5.41, 5.74) is 1.24. The first-order valence-electron chi connectivity index (χ1n) is 7.37. The maximum Gasteiger partial charge on any atom is 0.328 e. The van der Waals surface area contributed by atoms with Crippen molar-refractivity contribution in [1.29, 1.82) is 0 Å². The summed E-state index contributed by atoms with van der Waals surface area (Å²) in [7, 11) is 0. The van der Waals surface area contributed by atoms with Gasteiger partial charge >= 0.3 is 5.97 Å². The Kier molecular flexibility index (Phi) is 8.43. The van der Waals surface area contributed by atoms with Crippen molar-refractivity contribution in [3.63, 3.8) is 0 Å². The highest BCUT2D eigenvalue weighted by Crippen LogP contribution is 2.21. The highest BCUT2D eigenvalue weighted by molar-refractivity contribution is 8.00. The van der Waals surface area contributed by atoms with Crippen LogP contribution in [-0.2, 0) is 14.3 Å². The fraction of sp³-hybridized carbons (Fsp3) is 0.412. The molecule has 0 spiro atoms. The number of carbonyl (C=O) groups is 2. The molecule has 6 heteroatoms. The minimum Gasteiger partial charge on any atom is -0.480 e. The average molecular weight is 337 g/mol. The van der Waals surface area contributed by atoms with Crippen LogP contribution in [0.4, 0.5) is 0 Å². The van der Waals surface area contributed by atoms with Crippen molar-refractivity contribution < 1.29 is 19.4 Å². The molecule has 1 rings (SSSR count). The zero-order valence-corrected chi connectivity index (χ0v) is 14.3. The smallest absolute Gasteiger partial charge is 0.328 e. The lowest BCUT2D eigenvalue weighted by molar-refractivity contribution is -0.143. The van der Waals surface area contributed by atoms with E-state index in [9.17, 15) is 9.59 Å². The van der Waals surface area contributed by atoms with E-state index in [-0.39, 0.29) is 24.9 Å². The molecule has 23 heavy (non-hydrogen) atoms. The van der Waals surface area contributed by atoms with E-state index in [4.69, 9.17) is 9.84 Å². The summed E-state index contributed by atoms with van der Waals surface area (Å²) >= 11 is 1.37. The largest absolute Gasteiger partial charge is 0.480 e. The van der Waals surface area contributed by atoms with Gasteiger partial charge in [0, 0.05) is 4.90 Å². The van der Waals surface area contributed by atoms with E-state index < -0.39 is 12.0 Å². The fourth-order valence-corrected chi connectivity index (χ4v) is 2.49. The van der Waals surface area contributed by atoms with Gasteiger partial charge in [0.15, 0.2) is 6.04 Å².